The van der Waals surface area contributed by atoms with Crippen LogP contribution in [0, 0.1) is 0 Å². The van der Waals surface area contributed by atoms with Crippen LogP contribution in [0.15, 0.2) is 59.7 Å². The third-order valence-corrected chi connectivity index (χ3v) is 5.86. The molecule has 3 rings (SSSR count). The lowest BCUT2D eigenvalue weighted by molar-refractivity contribution is 0.591. The highest BCUT2D eigenvalue weighted by atomic mass is 32.2. The summed E-state index contributed by atoms with van der Waals surface area (Å²) in [5.41, 5.74) is 1.60. The molecule has 0 amide bonds. The second-order valence-electron chi connectivity index (χ2n) is 6.33. The van der Waals surface area contributed by atoms with Gasteiger partial charge in [-0.1, -0.05) is 36.4 Å². The first kappa shape index (κ1) is 19.8. The summed E-state index contributed by atoms with van der Waals surface area (Å²) >= 11 is 0. The first-order valence-electron chi connectivity index (χ1n) is 9.05. The van der Waals surface area contributed by atoms with Crippen molar-refractivity contribution in [3.63, 3.8) is 0 Å². The van der Waals surface area contributed by atoms with Gasteiger partial charge in [0.25, 0.3) is 0 Å². The Hall–Kier alpha value is -2.94. The van der Waals surface area contributed by atoms with E-state index in [0.29, 0.717) is 25.5 Å². The van der Waals surface area contributed by atoms with Crippen molar-refractivity contribution in [2.45, 2.75) is 18.7 Å². The van der Waals surface area contributed by atoms with Crippen LogP contribution >= 0.6 is 0 Å². The van der Waals surface area contributed by atoms with Gasteiger partial charge in [0.15, 0.2) is 27.3 Å². The molecule has 8 nitrogen and oxygen atoms in total. The Bertz CT molecular complexity index is 1030. The van der Waals surface area contributed by atoms with E-state index in [1.54, 1.807) is 7.05 Å². The van der Waals surface area contributed by atoms with Crippen LogP contribution in [-0.4, -0.2) is 48.3 Å². The molecule has 9 heteroatoms. The van der Waals surface area contributed by atoms with Crippen LogP contribution in [0.25, 0.3) is 5.65 Å². The van der Waals surface area contributed by atoms with Crippen LogP contribution in [-0.2, 0) is 22.1 Å². The van der Waals surface area contributed by atoms with Crippen LogP contribution in [0.3, 0.4) is 0 Å². The van der Waals surface area contributed by atoms with E-state index in [-0.39, 0.29) is 11.5 Å². The van der Waals surface area contributed by atoms with E-state index in [9.17, 15) is 8.42 Å². The molecule has 0 saturated carbocycles. The molecule has 0 radical (unpaired) electrons. The lowest BCUT2D eigenvalue weighted by atomic mass is 10.2. The Labute approximate surface area is 164 Å². The van der Waals surface area contributed by atoms with Crippen molar-refractivity contribution in [3.05, 3.63) is 66.1 Å². The van der Waals surface area contributed by atoms with Crippen molar-refractivity contribution < 1.29 is 8.42 Å². The fourth-order valence-electron chi connectivity index (χ4n) is 2.79. The van der Waals surface area contributed by atoms with Crippen LogP contribution in [0.1, 0.15) is 17.8 Å². The van der Waals surface area contributed by atoms with Gasteiger partial charge in [0.2, 0.25) is 0 Å². The number of aromatic nitrogens is 3. The predicted octanol–water partition coefficient (Wildman–Crippen LogP) is 1.40. The summed E-state index contributed by atoms with van der Waals surface area (Å²) in [4.78, 5) is 4.16. The quantitative estimate of drug-likeness (QED) is 0.337. The molecule has 2 N–H and O–H groups in total. The van der Waals surface area contributed by atoms with Crippen LogP contribution < -0.4 is 10.6 Å². The Morgan fingerprint density at radius 3 is 2.64 bits per heavy atom. The average Bonchev–Trinajstić information content (AvgIpc) is 3.11. The molecular formula is C19H24N6O2S. The van der Waals surface area contributed by atoms with Gasteiger partial charge < -0.3 is 10.6 Å². The zero-order valence-corrected chi connectivity index (χ0v) is 16.6. The highest BCUT2D eigenvalue weighted by Gasteiger charge is 2.12. The summed E-state index contributed by atoms with van der Waals surface area (Å²) in [7, 11) is -1.46. The smallest absolute Gasteiger partial charge is 0.191 e. The van der Waals surface area contributed by atoms with Crippen molar-refractivity contribution in [1.82, 2.24) is 25.2 Å². The number of nitrogens with one attached hydrogen (secondary N) is 2. The molecule has 28 heavy (non-hydrogen) atoms. The van der Waals surface area contributed by atoms with Gasteiger partial charge in [0.05, 0.1) is 18.1 Å². The highest BCUT2D eigenvalue weighted by Crippen LogP contribution is 2.07. The van der Waals surface area contributed by atoms with Crippen LogP contribution in [0.5, 0.6) is 0 Å². The maximum absolute atomic E-state index is 12.2. The summed E-state index contributed by atoms with van der Waals surface area (Å²) in [5, 5.41) is 14.6. The van der Waals surface area contributed by atoms with E-state index in [0.717, 1.165) is 17.0 Å². The summed E-state index contributed by atoms with van der Waals surface area (Å²) in [5.74, 6) is 1.55. The number of sulfone groups is 1. The monoisotopic (exact) mass is 400 g/mol. The molecule has 2 heterocycles. The first-order valence-corrected chi connectivity index (χ1v) is 10.9. The van der Waals surface area contributed by atoms with Gasteiger partial charge >= 0.3 is 0 Å². The zero-order valence-electron chi connectivity index (χ0n) is 15.7. The molecule has 0 aliphatic rings. The van der Waals surface area contributed by atoms with Gasteiger partial charge in [0.1, 0.15) is 0 Å². The molecule has 3 aromatic rings. The van der Waals surface area contributed by atoms with Crippen molar-refractivity contribution in [1.29, 1.82) is 0 Å². The minimum absolute atomic E-state index is 0.0702. The van der Waals surface area contributed by atoms with Gasteiger partial charge in [-0.15, -0.1) is 10.2 Å². The molecule has 0 atom stereocenters. The normalized spacial score (nSPS) is 12.2. The molecule has 1 aromatic carbocycles. The van der Waals surface area contributed by atoms with Crippen molar-refractivity contribution >= 4 is 21.4 Å². The first-order chi connectivity index (χ1) is 13.6. The van der Waals surface area contributed by atoms with E-state index < -0.39 is 9.84 Å². The molecule has 148 valence electrons. The summed E-state index contributed by atoms with van der Waals surface area (Å²) in [6.45, 7) is 0.964. The topological polar surface area (TPSA) is 101 Å². The number of aliphatic imine (C=N–C) groups is 1. The van der Waals surface area contributed by atoms with Gasteiger partial charge in [0, 0.05) is 19.8 Å². The fourth-order valence-corrected chi connectivity index (χ4v) is 4.22. The lowest BCUT2D eigenvalue weighted by Gasteiger charge is -2.11. The van der Waals surface area contributed by atoms with Crippen molar-refractivity contribution in [3.8, 4) is 0 Å². The Morgan fingerprint density at radius 1 is 1.07 bits per heavy atom. The Morgan fingerprint density at radius 2 is 1.86 bits per heavy atom. The largest absolute Gasteiger partial charge is 0.356 e. The second kappa shape index (κ2) is 9.32. The minimum Gasteiger partial charge on any atom is -0.356 e. The number of hydrogen-bond donors (Lipinski definition) is 2. The fraction of sp³-hybridized carbons (Fsp3) is 0.316. The number of benzene rings is 1. The molecule has 0 spiro atoms. The third kappa shape index (κ3) is 5.53. The zero-order chi connectivity index (χ0) is 19.8. The summed E-state index contributed by atoms with van der Waals surface area (Å²) in [6, 6.07) is 14.9. The number of hydrogen-bond acceptors (Lipinski definition) is 5. The van der Waals surface area contributed by atoms with Crippen molar-refractivity contribution in [2.75, 3.05) is 19.3 Å². The van der Waals surface area contributed by atoms with E-state index in [1.165, 1.54) is 0 Å². The predicted molar refractivity (Wildman–Crippen MR) is 110 cm³/mol. The van der Waals surface area contributed by atoms with E-state index in [4.69, 9.17) is 0 Å². The minimum atomic E-state index is -3.13. The summed E-state index contributed by atoms with van der Waals surface area (Å²) < 4.78 is 26.4. The molecule has 0 saturated heterocycles. The number of pyridine rings is 1. The van der Waals surface area contributed by atoms with Gasteiger partial charge in [-0.05, 0) is 24.1 Å². The molecule has 0 unspecified atom stereocenters. The van der Waals surface area contributed by atoms with E-state index in [2.05, 4.69) is 25.8 Å². The van der Waals surface area contributed by atoms with Gasteiger partial charge in [-0.25, -0.2) is 8.42 Å². The lowest BCUT2D eigenvalue weighted by Crippen LogP contribution is -2.38. The van der Waals surface area contributed by atoms with Crippen LogP contribution in [0.4, 0.5) is 0 Å². The summed E-state index contributed by atoms with van der Waals surface area (Å²) in [6.07, 6.45) is 2.41. The number of nitrogens with zero attached hydrogens (tertiary/aromatic N) is 4. The SMILES string of the molecule is CN=C(NCCCS(=O)(=O)Cc1ccccc1)NCc1nnc2ccccn12. The third-order valence-electron chi connectivity index (χ3n) is 4.18. The van der Waals surface area contributed by atoms with E-state index in [1.807, 2.05) is 59.1 Å². The standard InChI is InChI=1S/C19H24N6O2S/c1-20-19(22-14-18-24-23-17-10-5-6-12-25(17)18)21-11-7-13-28(26,27)15-16-8-3-2-4-9-16/h2-6,8-10,12H,7,11,13-15H2,1H3,(H2,20,21,22). The van der Waals surface area contributed by atoms with Crippen molar-refractivity contribution in [2.24, 2.45) is 4.99 Å². The number of guanidine groups is 1. The molecule has 0 fully saturated rings. The van der Waals surface area contributed by atoms with Gasteiger partial charge in [-0.3, -0.25) is 9.39 Å². The molecular weight excluding hydrogens is 376 g/mol. The average molecular weight is 401 g/mol. The Balaban J connectivity index is 1.43. The second-order valence-corrected chi connectivity index (χ2v) is 8.51. The number of fused-ring (bicyclic) bond motifs is 1. The molecule has 2 aromatic heterocycles. The van der Waals surface area contributed by atoms with E-state index >= 15 is 0 Å². The Kier molecular flexibility index (Phi) is 6.59. The van der Waals surface area contributed by atoms with Crippen LogP contribution in [0.2, 0.25) is 0 Å². The molecule has 0 aliphatic carbocycles. The highest BCUT2D eigenvalue weighted by molar-refractivity contribution is 7.90. The number of rotatable bonds is 8. The maximum Gasteiger partial charge on any atom is 0.191 e. The molecule has 0 aliphatic heterocycles. The maximum atomic E-state index is 12.2. The van der Waals surface area contributed by atoms with Gasteiger partial charge in [-0.2, -0.15) is 0 Å². The molecule has 0 bridgehead atoms.